The van der Waals surface area contributed by atoms with Crippen molar-refractivity contribution in [3.8, 4) is 22.6 Å². The highest BCUT2D eigenvalue weighted by atomic mass is 35.5. The second kappa shape index (κ2) is 19.5. The number of nitro benzene ring substituents is 1. The van der Waals surface area contributed by atoms with E-state index in [9.17, 15) is 41.3 Å². The van der Waals surface area contributed by atoms with Crippen LogP contribution < -0.4 is 15.0 Å². The number of non-ortho nitro benzene ring substituents is 1. The molecule has 1 N–H and O–H groups in total. The Morgan fingerprint density at radius 2 is 1.59 bits per heavy atom. The number of ether oxygens (including phenoxy) is 2. The largest absolute Gasteiger partial charge is 0.493 e. The van der Waals surface area contributed by atoms with Crippen molar-refractivity contribution in [3.05, 3.63) is 142 Å². The summed E-state index contributed by atoms with van der Waals surface area (Å²) in [6.07, 6.45) is -4.05. The van der Waals surface area contributed by atoms with Crippen LogP contribution in [0, 0.1) is 16.0 Å². The van der Waals surface area contributed by atoms with E-state index in [1.807, 2.05) is 53.4 Å². The van der Waals surface area contributed by atoms with E-state index in [4.69, 9.17) is 21.1 Å². The van der Waals surface area contributed by atoms with Gasteiger partial charge in [0.1, 0.15) is 11.5 Å². The molecule has 5 aromatic rings. The summed E-state index contributed by atoms with van der Waals surface area (Å²) in [4.78, 5) is 45.3. The van der Waals surface area contributed by atoms with Gasteiger partial charge in [0.05, 0.1) is 21.4 Å². The molecular formula is C44H41ClF3N5O9S. The first-order valence-corrected chi connectivity index (χ1v) is 21.7. The fraction of sp³-hybridized carbons (Fsp3) is 0.273. The van der Waals surface area contributed by atoms with Gasteiger partial charge in [-0.2, -0.15) is 21.6 Å². The number of carbonyl (C=O) groups excluding carboxylic acids is 2. The number of hydrogen-bond donors (Lipinski definition) is 1. The van der Waals surface area contributed by atoms with Crippen molar-refractivity contribution in [3.63, 3.8) is 0 Å². The molecular weight excluding hydrogens is 867 g/mol. The van der Waals surface area contributed by atoms with Crippen LogP contribution in [0.2, 0.25) is 5.02 Å². The number of sulfonamides is 1. The van der Waals surface area contributed by atoms with E-state index >= 15 is 0 Å². The molecule has 0 aliphatic carbocycles. The summed E-state index contributed by atoms with van der Waals surface area (Å²) in [5, 5.41) is 15.4. The van der Waals surface area contributed by atoms with Gasteiger partial charge >= 0.3 is 18.1 Å². The zero-order valence-electron chi connectivity index (χ0n) is 33.5. The van der Waals surface area contributed by atoms with Gasteiger partial charge in [-0.1, -0.05) is 60.1 Å². The third kappa shape index (κ3) is 10.9. The van der Waals surface area contributed by atoms with Gasteiger partial charge in [0.25, 0.3) is 15.7 Å². The van der Waals surface area contributed by atoms with Crippen molar-refractivity contribution < 1.29 is 50.4 Å². The number of hydroxylamine groups is 1. The molecule has 19 heteroatoms. The normalized spacial score (nSPS) is 15.1. The van der Waals surface area contributed by atoms with Gasteiger partial charge in [-0.25, -0.2) is 4.79 Å². The number of nitrogens with one attached hydrogen (secondary N) is 1. The number of piperazine rings is 1. The third-order valence-electron chi connectivity index (χ3n) is 10.6. The number of halogens is 4. The summed E-state index contributed by atoms with van der Waals surface area (Å²) in [7, 11) is -5.32. The highest BCUT2D eigenvalue weighted by molar-refractivity contribution is 7.89. The Bertz CT molecular complexity index is 2560. The fourth-order valence-corrected chi connectivity index (χ4v) is 8.62. The molecule has 0 unspecified atom stereocenters. The fourth-order valence-electron chi connectivity index (χ4n) is 7.23. The van der Waals surface area contributed by atoms with Gasteiger partial charge in [-0.05, 0) is 88.4 Å². The third-order valence-corrected chi connectivity index (χ3v) is 12.5. The van der Waals surface area contributed by atoms with Crippen molar-refractivity contribution in [1.82, 2.24) is 9.37 Å². The molecule has 2 saturated heterocycles. The maximum absolute atomic E-state index is 14.3. The molecule has 5 aromatic carbocycles. The number of nitro groups is 1. The van der Waals surface area contributed by atoms with Gasteiger partial charge in [-0.3, -0.25) is 19.8 Å². The van der Waals surface area contributed by atoms with Gasteiger partial charge in [0.2, 0.25) is 0 Å². The molecule has 2 heterocycles. The number of nitrogens with zero attached hydrogens (tertiary/aromatic N) is 4. The number of alkyl halides is 3. The standard InChI is InChI=1S/C44H41ClF3N5O9S/c45-40-11-5-10-37(31-6-2-1-3-7-31)39(40)29-50-20-22-51(23-21-50)33-14-17-38(41(27-33)61-35-9-4-8-34(26-35)52(56)57)42(54)53(62-43(55)44(46,47)48)63(58,59)36-15-12-32(13-16-36)49-28-30-18-24-60-25-19-30/h1-17,26-27,30,49H,18-25,28-29H2. The van der Waals surface area contributed by atoms with Crippen molar-refractivity contribution in [2.24, 2.45) is 5.92 Å². The van der Waals surface area contributed by atoms with Crippen LogP contribution in [-0.4, -0.2) is 86.7 Å². The lowest BCUT2D eigenvalue weighted by Crippen LogP contribution is -2.46. The zero-order chi connectivity index (χ0) is 44.7. The summed E-state index contributed by atoms with van der Waals surface area (Å²) >= 11 is 6.71. The van der Waals surface area contributed by atoms with Crippen molar-refractivity contribution in [2.45, 2.75) is 30.5 Å². The molecule has 0 atom stereocenters. The van der Waals surface area contributed by atoms with Crippen LogP contribution in [0.1, 0.15) is 28.8 Å². The number of rotatable bonds is 13. The lowest BCUT2D eigenvalue weighted by atomic mass is 9.99. The first-order chi connectivity index (χ1) is 30.2. The number of anilines is 2. The molecule has 0 bridgehead atoms. The molecule has 63 heavy (non-hydrogen) atoms. The molecule has 0 aromatic heterocycles. The van der Waals surface area contributed by atoms with Gasteiger partial charge in [0, 0.05) is 81.0 Å². The second-order valence-corrected chi connectivity index (χ2v) is 17.0. The van der Waals surface area contributed by atoms with E-state index in [0.29, 0.717) is 74.8 Å². The molecule has 0 radical (unpaired) electrons. The van der Waals surface area contributed by atoms with E-state index in [0.717, 1.165) is 53.8 Å². The van der Waals surface area contributed by atoms with Crippen molar-refractivity contribution >= 4 is 50.6 Å². The van der Waals surface area contributed by atoms with Gasteiger partial charge in [-0.15, -0.1) is 0 Å². The van der Waals surface area contributed by atoms with Crippen LogP contribution in [-0.2, 0) is 30.9 Å². The molecule has 330 valence electrons. The van der Waals surface area contributed by atoms with Crippen LogP contribution in [0.15, 0.2) is 120 Å². The van der Waals surface area contributed by atoms with E-state index in [-0.39, 0.29) is 17.2 Å². The van der Waals surface area contributed by atoms with Crippen LogP contribution in [0.4, 0.5) is 30.2 Å². The minimum atomic E-state index is -5.70. The van der Waals surface area contributed by atoms with E-state index in [2.05, 4.69) is 15.1 Å². The minimum absolute atomic E-state index is 0.153. The van der Waals surface area contributed by atoms with E-state index in [1.54, 1.807) is 0 Å². The van der Waals surface area contributed by atoms with Crippen LogP contribution in [0.3, 0.4) is 0 Å². The van der Waals surface area contributed by atoms with E-state index in [1.165, 1.54) is 42.5 Å². The SMILES string of the molecule is O=C(c1ccc(N2CCN(Cc3c(Cl)cccc3-c3ccccc3)CC2)cc1Oc1cccc([N+](=O)[O-])c1)N(OC(=O)C(F)(F)F)S(=O)(=O)c1ccc(NCC2CCOCC2)cc1. The van der Waals surface area contributed by atoms with Crippen LogP contribution in [0.5, 0.6) is 11.5 Å². The Labute approximate surface area is 365 Å². The first kappa shape index (κ1) is 44.8. The highest BCUT2D eigenvalue weighted by Crippen LogP contribution is 2.36. The number of carbonyl (C=O) groups is 2. The summed E-state index contributed by atoms with van der Waals surface area (Å²) < 4.78 is 79.6. The van der Waals surface area contributed by atoms with Crippen LogP contribution >= 0.6 is 11.6 Å². The predicted octanol–water partition coefficient (Wildman–Crippen LogP) is 8.72. The first-order valence-electron chi connectivity index (χ1n) is 19.8. The maximum Gasteiger partial charge on any atom is 0.493 e. The number of benzene rings is 5. The summed E-state index contributed by atoms with van der Waals surface area (Å²) in [6.45, 7) is 4.36. The Balaban J connectivity index is 1.17. The minimum Gasteiger partial charge on any atom is -0.456 e. The predicted molar refractivity (Wildman–Crippen MR) is 228 cm³/mol. The monoisotopic (exact) mass is 907 g/mol. The van der Waals surface area contributed by atoms with Crippen molar-refractivity contribution in [2.75, 3.05) is 56.2 Å². The molecule has 0 spiro atoms. The Morgan fingerprint density at radius 3 is 2.27 bits per heavy atom. The molecule has 2 fully saturated rings. The lowest BCUT2D eigenvalue weighted by Gasteiger charge is -2.36. The average Bonchev–Trinajstić information content (AvgIpc) is 3.28. The zero-order valence-corrected chi connectivity index (χ0v) is 35.1. The summed E-state index contributed by atoms with van der Waals surface area (Å²) in [6, 6.07) is 29.3. The number of amides is 1. The molecule has 1 amide bonds. The maximum atomic E-state index is 14.3. The Hall–Kier alpha value is -6.21. The second-order valence-electron chi connectivity index (χ2n) is 14.8. The van der Waals surface area contributed by atoms with Crippen LogP contribution in [0.25, 0.3) is 11.1 Å². The molecule has 7 rings (SSSR count). The summed E-state index contributed by atoms with van der Waals surface area (Å²) in [5.74, 6) is -4.92. The molecule has 0 saturated carbocycles. The highest BCUT2D eigenvalue weighted by Gasteiger charge is 2.47. The Morgan fingerprint density at radius 1 is 0.889 bits per heavy atom. The molecule has 14 nitrogen and oxygen atoms in total. The van der Waals surface area contributed by atoms with E-state index < -0.39 is 47.9 Å². The summed E-state index contributed by atoms with van der Waals surface area (Å²) in [5.41, 5.74) is 2.93. The van der Waals surface area contributed by atoms with Crippen molar-refractivity contribution in [1.29, 1.82) is 0 Å². The lowest BCUT2D eigenvalue weighted by molar-refractivity contribution is -0.384. The topological polar surface area (TPSA) is 161 Å². The quantitative estimate of drug-likeness (QED) is 0.0886. The average molecular weight is 908 g/mol. The van der Waals surface area contributed by atoms with Gasteiger partial charge in [0.15, 0.2) is 0 Å². The Kier molecular flexibility index (Phi) is 13.8. The van der Waals surface area contributed by atoms with Gasteiger partial charge < -0.3 is 24.5 Å². The number of hydrogen-bond acceptors (Lipinski definition) is 12. The molecule has 2 aliphatic heterocycles. The molecule has 2 aliphatic rings. The smallest absolute Gasteiger partial charge is 0.456 e.